The van der Waals surface area contributed by atoms with Crippen LogP contribution in [-0.4, -0.2) is 55.5 Å². The van der Waals surface area contributed by atoms with Crippen molar-refractivity contribution < 1.29 is 4.79 Å². The normalized spacial score (nSPS) is 23.6. The number of rotatable bonds is 3. The van der Waals surface area contributed by atoms with E-state index in [1.165, 1.54) is 23.3 Å². The van der Waals surface area contributed by atoms with Crippen LogP contribution in [0.5, 0.6) is 0 Å². The molecule has 0 aromatic carbocycles. The van der Waals surface area contributed by atoms with E-state index in [2.05, 4.69) is 28.7 Å². The highest BCUT2D eigenvalue weighted by atomic mass is 32.1. The minimum atomic E-state index is 0.250. The maximum absolute atomic E-state index is 12.2. The van der Waals surface area contributed by atoms with Gasteiger partial charge in [0, 0.05) is 37.1 Å². The summed E-state index contributed by atoms with van der Waals surface area (Å²) in [6.45, 7) is 4.19. The number of piperazine rings is 1. The number of carbonyl (C=O) groups excluding carboxylic acids is 1. The topological polar surface area (TPSA) is 35.6 Å². The monoisotopic (exact) mass is 293 g/mol. The Morgan fingerprint density at radius 2 is 2.20 bits per heavy atom. The SMILES string of the molecule is CN1CCN(C(=O)CNC2CCCc3sccc32)CC1. The van der Waals surface area contributed by atoms with Crippen LogP contribution in [-0.2, 0) is 11.2 Å². The van der Waals surface area contributed by atoms with Crippen LogP contribution in [0, 0.1) is 0 Å². The molecule has 1 fully saturated rings. The highest BCUT2D eigenvalue weighted by Crippen LogP contribution is 2.33. The minimum absolute atomic E-state index is 0.250. The van der Waals surface area contributed by atoms with Crippen molar-refractivity contribution in [2.24, 2.45) is 0 Å². The van der Waals surface area contributed by atoms with Gasteiger partial charge in [0.2, 0.25) is 5.91 Å². The molecule has 2 aliphatic rings. The lowest BCUT2D eigenvalue weighted by Gasteiger charge is -2.33. The summed E-state index contributed by atoms with van der Waals surface area (Å²) in [7, 11) is 2.11. The molecule has 2 heterocycles. The van der Waals surface area contributed by atoms with E-state index >= 15 is 0 Å². The number of fused-ring (bicyclic) bond motifs is 1. The van der Waals surface area contributed by atoms with Crippen LogP contribution >= 0.6 is 11.3 Å². The van der Waals surface area contributed by atoms with Gasteiger partial charge in [-0.3, -0.25) is 4.79 Å². The molecule has 20 heavy (non-hydrogen) atoms. The Labute approximate surface area is 124 Å². The lowest BCUT2D eigenvalue weighted by atomic mass is 9.94. The Morgan fingerprint density at radius 1 is 1.40 bits per heavy atom. The van der Waals surface area contributed by atoms with Gasteiger partial charge in [-0.15, -0.1) is 11.3 Å². The Balaban J connectivity index is 1.52. The molecule has 0 saturated carbocycles. The molecule has 0 spiro atoms. The lowest BCUT2D eigenvalue weighted by molar-refractivity contribution is -0.131. The highest BCUT2D eigenvalue weighted by molar-refractivity contribution is 7.10. The quantitative estimate of drug-likeness (QED) is 0.917. The van der Waals surface area contributed by atoms with Crippen LogP contribution in [0.2, 0.25) is 0 Å². The summed E-state index contributed by atoms with van der Waals surface area (Å²) in [5.74, 6) is 0.250. The Bertz CT molecular complexity index is 465. The van der Waals surface area contributed by atoms with Gasteiger partial charge in [-0.05, 0) is 43.3 Å². The fraction of sp³-hybridized carbons (Fsp3) is 0.667. The van der Waals surface area contributed by atoms with Crippen molar-refractivity contribution in [3.63, 3.8) is 0 Å². The molecular weight excluding hydrogens is 270 g/mol. The molecule has 4 nitrogen and oxygen atoms in total. The smallest absolute Gasteiger partial charge is 0.236 e. The van der Waals surface area contributed by atoms with Crippen molar-refractivity contribution in [3.8, 4) is 0 Å². The second kappa shape index (κ2) is 6.24. The molecule has 1 aromatic rings. The molecule has 1 aromatic heterocycles. The summed E-state index contributed by atoms with van der Waals surface area (Å²) in [6, 6.07) is 2.60. The summed E-state index contributed by atoms with van der Waals surface area (Å²) in [5.41, 5.74) is 1.42. The third kappa shape index (κ3) is 3.05. The van der Waals surface area contributed by atoms with Gasteiger partial charge in [0.15, 0.2) is 0 Å². The Kier molecular flexibility index (Phi) is 4.38. The number of thiophene rings is 1. The predicted molar refractivity (Wildman–Crippen MR) is 82.1 cm³/mol. The molecule has 0 bridgehead atoms. The molecule has 1 aliphatic heterocycles. The summed E-state index contributed by atoms with van der Waals surface area (Å²) < 4.78 is 0. The van der Waals surface area contributed by atoms with E-state index in [9.17, 15) is 4.79 Å². The van der Waals surface area contributed by atoms with E-state index in [0.717, 1.165) is 32.6 Å². The van der Waals surface area contributed by atoms with Crippen LogP contribution in [0.4, 0.5) is 0 Å². The van der Waals surface area contributed by atoms with Crippen LogP contribution in [0.25, 0.3) is 0 Å². The minimum Gasteiger partial charge on any atom is -0.339 e. The number of hydrogen-bond donors (Lipinski definition) is 1. The number of aryl methyl sites for hydroxylation is 1. The van der Waals surface area contributed by atoms with Crippen molar-refractivity contribution in [2.75, 3.05) is 39.8 Å². The predicted octanol–water partition coefficient (Wildman–Crippen LogP) is 1.49. The molecule has 1 amide bonds. The zero-order chi connectivity index (χ0) is 13.9. The molecule has 3 rings (SSSR count). The summed E-state index contributed by atoms with van der Waals surface area (Å²) >= 11 is 1.85. The maximum atomic E-state index is 12.2. The third-order valence-corrected chi connectivity index (χ3v) is 5.40. The van der Waals surface area contributed by atoms with Crippen molar-refractivity contribution in [1.82, 2.24) is 15.1 Å². The summed E-state index contributed by atoms with van der Waals surface area (Å²) in [4.78, 5) is 18.0. The van der Waals surface area contributed by atoms with Gasteiger partial charge in [0.25, 0.3) is 0 Å². The molecule has 1 saturated heterocycles. The van der Waals surface area contributed by atoms with Crippen molar-refractivity contribution >= 4 is 17.2 Å². The molecular formula is C15H23N3OS. The first-order chi connectivity index (χ1) is 9.74. The van der Waals surface area contributed by atoms with E-state index in [1.54, 1.807) is 0 Å². The number of amides is 1. The van der Waals surface area contributed by atoms with Gasteiger partial charge in [-0.1, -0.05) is 0 Å². The van der Waals surface area contributed by atoms with Gasteiger partial charge in [-0.25, -0.2) is 0 Å². The molecule has 1 atom stereocenters. The summed E-state index contributed by atoms with van der Waals surface area (Å²) in [5, 5.41) is 5.65. The average Bonchev–Trinajstić information content (AvgIpc) is 2.94. The molecule has 0 radical (unpaired) electrons. The molecule has 110 valence electrons. The van der Waals surface area contributed by atoms with E-state index in [-0.39, 0.29) is 5.91 Å². The fourth-order valence-corrected chi connectivity index (χ4v) is 4.06. The molecule has 5 heteroatoms. The van der Waals surface area contributed by atoms with Gasteiger partial charge < -0.3 is 15.1 Å². The number of hydrogen-bond acceptors (Lipinski definition) is 4. The van der Waals surface area contributed by atoms with Crippen molar-refractivity contribution in [3.05, 3.63) is 21.9 Å². The van der Waals surface area contributed by atoms with E-state index in [0.29, 0.717) is 12.6 Å². The first-order valence-electron chi connectivity index (χ1n) is 7.50. The van der Waals surface area contributed by atoms with E-state index < -0.39 is 0 Å². The molecule has 1 N–H and O–H groups in total. The Hall–Kier alpha value is -0.910. The lowest BCUT2D eigenvalue weighted by Crippen LogP contribution is -2.49. The molecule has 1 aliphatic carbocycles. The van der Waals surface area contributed by atoms with Crippen LogP contribution in [0.15, 0.2) is 11.4 Å². The first kappa shape index (κ1) is 14.0. The zero-order valence-electron chi connectivity index (χ0n) is 12.1. The number of carbonyl (C=O) groups is 1. The largest absolute Gasteiger partial charge is 0.339 e. The van der Waals surface area contributed by atoms with E-state index in [4.69, 9.17) is 0 Å². The van der Waals surface area contributed by atoms with Crippen LogP contribution in [0.3, 0.4) is 0 Å². The third-order valence-electron chi connectivity index (χ3n) is 4.41. The average molecular weight is 293 g/mol. The van der Waals surface area contributed by atoms with Gasteiger partial charge in [-0.2, -0.15) is 0 Å². The highest BCUT2D eigenvalue weighted by Gasteiger charge is 2.23. The van der Waals surface area contributed by atoms with Gasteiger partial charge >= 0.3 is 0 Å². The standard InChI is InChI=1S/C15H23N3OS/c1-17-6-8-18(9-7-17)15(19)11-16-13-3-2-4-14-12(13)5-10-20-14/h5,10,13,16H,2-4,6-9,11H2,1H3. The van der Waals surface area contributed by atoms with Gasteiger partial charge in [0.1, 0.15) is 0 Å². The van der Waals surface area contributed by atoms with Gasteiger partial charge in [0.05, 0.1) is 6.54 Å². The van der Waals surface area contributed by atoms with E-state index in [1.807, 2.05) is 16.2 Å². The van der Waals surface area contributed by atoms with Crippen molar-refractivity contribution in [1.29, 1.82) is 0 Å². The summed E-state index contributed by atoms with van der Waals surface area (Å²) in [6.07, 6.45) is 3.59. The number of nitrogens with one attached hydrogen (secondary N) is 1. The zero-order valence-corrected chi connectivity index (χ0v) is 12.9. The van der Waals surface area contributed by atoms with Crippen LogP contribution < -0.4 is 5.32 Å². The number of likely N-dealkylation sites (N-methyl/N-ethyl adjacent to an activating group) is 1. The second-order valence-corrected chi connectivity index (χ2v) is 6.81. The maximum Gasteiger partial charge on any atom is 0.236 e. The van der Waals surface area contributed by atoms with Crippen LogP contribution in [0.1, 0.15) is 29.3 Å². The Morgan fingerprint density at radius 3 is 3.00 bits per heavy atom. The first-order valence-corrected chi connectivity index (χ1v) is 8.38. The van der Waals surface area contributed by atoms with Crippen molar-refractivity contribution in [2.45, 2.75) is 25.3 Å². The second-order valence-electron chi connectivity index (χ2n) is 5.81. The molecule has 1 unspecified atom stereocenters. The number of nitrogens with zero attached hydrogens (tertiary/aromatic N) is 2. The fourth-order valence-electron chi connectivity index (χ4n) is 3.08.